The molecule has 2 amide bonds. The van der Waals surface area contributed by atoms with Crippen molar-refractivity contribution in [2.45, 2.75) is 82.8 Å². The maximum absolute atomic E-state index is 12.5. The van der Waals surface area contributed by atoms with Crippen LogP contribution in [0.4, 0.5) is 0 Å². The standard InChI is InChI=1S/C16H26N2O2/c1-11(12-6-5-7-12)17-14-10-15(19)18(16(14)20)13-8-3-2-4-9-13/h11-14,17H,2-10H2,1H3. The first-order valence-electron chi connectivity index (χ1n) is 8.29. The fraction of sp³-hybridized carbons (Fsp3) is 0.875. The van der Waals surface area contributed by atoms with E-state index in [4.69, 9.17) is 0 Å². The van der Waals surface area contributed by atoms with Crippen molar-refractivity contribution in [2.24, 2.45) is 5.92 Å². The molecule has 3 fully saturated rings. The summed E-state index contributed by atoms with van der Waals surface area (Å²) in [7, 11) is 0. The predicted molar refractivity (Wildman–Crippen MR) is 77.1 cm³/mol. The lowest BCUT2D eigenvalue weighted by molar-refractivity contribution is -0.142. The van der Waals surface area contributed by atoms with Crippen LogP contribution in [0.25, 0.3) is 0 Å². The van der Waals surface area contributed by atoms with Crippen LogP contribution in [0.3, 0.4) is 0 Å². The third kappa shape index (κ3) is 2.62. The maximum atomic E-state index is 12.5. The van der Waals surface area contributed by atoms with Crippen molar-refractivity contribution in [3.05, 3.63) is 0 Å². The molecule has 0 aromatic heterocycles. The number of likely N-dealkylation sites (tertiary alicyclic amines) is 1. The second-order valence-corrected chi connectivity index (χ2v) is 6.80. The summed E-state index contributed by atoms with van der Waals surface area (Å²) < 4.78 is 0. The van der Waals surface area contributed by atoms with Crippen molar-refractivity contribution in [3.8, 4) is 0 Å². The van der Waals surface area contributed by atoms with Crippen molar-refractivity contribution in [1.29, 1.82) is 0 Å². The molecule has 2 atom stereocenters. The van der Waals surface area contributed by atoms with E-state index in [0.717, 1.165) is 25.7 Å². The molecular weight excluding hydrogens is 252 g/mol. The predicted octanol–water partition coefficient (Wildman–Crippen LogP) is 2.22. The number of hydrogen-bond donors (Lipinski definition) is 1. The fourth-order valence-corrected chi connectivity index (χ4v) is 3.90. The highest BCUT2D eigenvalue weighted by Gasteiger charge is 2.43. The van der Waals surface area contributed by atoms with Crippen molar-refractivity contribution in [2.75, 3.05) is 0 Å². The summed E-state index contributed by atoms with van der Waals surface area (Å²) in [5, 5.41) is 3.42. The lowest BCUT2D eigenvalue weighted by Crippen LogP contribution is -2.48. The number of nitrogens with one attached hydrogen (secondary N) is 1. The van der Waals surface area contributed by atoms with Crippen molar-refractivity contribution in [3.63, 3.8) is 0 Å². The van der Waals surface area contributed by atoms with Gasteiger partial charge in [0.2, 0.25) is 11.8 Å². The Hall–Kier alpha value is -0.900. The lowest BCUT2D eigenvalue weighted by atomic mass is 9.80. The molecule has 0 radical (unpaired) electrons. The number of nitrogens with zero attached hydrogens (tertiary/aromatic N) is 1. The zero-order valence-corrected chi connectivity index (χ0v) is 12.4. The molecule has 1 aliphatic heterocycles. The molecule has 1 saturated heterocycles. The molecule has 0 aromatic carbocycles. The third-order valence-corrected chi connectivity index (χ3v) is 5.44. The molecule has 1 heterocycles. The zero-order chi connectivity index (χ0) is 14.1. The molecule has 0 aromatic rings. The highest BCUT2D eigenvalue weighted by Crippen LogP contribution is 2.31. The van der Waals surface area contributed by atoms with Gasteiger partial charge in [0.05, 0.1) is 12.5 Å². The number of imide groups is 1. The number of amides is 2. The number of carbonyl (C=O) groups is 2. The minimum Gasteiger partial charge on any atom is -0.303 e. The average molecular weight is 278 g/mol. The SMILES string of the molecule is CC(NC1CC(=O)N(C2CCCCC2)C1=O)C1CCC1. The van der Waals surface area contributed by atoms with Crippen LogP contribution in [0.2, 0.25) is 0 Å². The van der Waals surface area contributed by atoms with Gasteiger partial charge in [0.1, 0.15) is 0 Å². The molecule has 2 aliphatic carbocycles. The Morgan fingerprint density at radius 3 is 2.35 bits per heavy atom. The maximum Gasteiger partial charge on any atom is 0.247 e. The minimum absolute atomic E-state index is 0.0353. The topological polar surface area (TPSA) is 49.4 Å². The molecule has 0 spiro atoms. The van der Waals surface area contributed by atoms with Gasteiger partial charge in [-0.1, -0.05) is 25.7 Å². The van der Waals surface area contributed by atoms with Crippen molar-refractivity contribution in [1.82, 2.24) is 10.2 Å². The zero-order valence-electron chi connectivity index (χ0n) is 12.4. The van der Waals surface area contributed by atoms with Gasteiger partial charge in [-0.05, 0) is 38.5 Å². The van der Waals surface area contributed by atoms with E-state index in [-0.39, 0.29) is 23.9 Å². The highest BCUT2D eigenvalue weighted by molar-refractivity contribution is 6.05. The van der Waals surface area contributed by atoms with Crippen molar-refractivity contribution < 1.29 is 9.59 Å². The van der Waals surface area contributed by atoms with Gasteiger partial charge in [0.25, 0.3) is 0 Å². The van der Waals surface area contributed by atoms with Gasteiger partial charge < -0.3 is 5.32 Å². The van der Waals surface area contributed by atoms with E-state index in [0.29, 0.717) is 18.4 Å². The third-order valence-electron chi connectivity index (χ3n) is 5.44. The van der Waals surface area contributed by atoms with E-state index >= 15 is 0 Å². The van der Waals surface area contributed by atoms with Crippen LogP contribution in [0, 0.1) is 5.92 Å². The average Bonchev–Trinajstić information content (AvgIpc) is 2.63. The fourth-order valence-electron chi connectivity index (χ4n) is 3.90. The summed E-state index contributed by atoms with van der Waals surface area (Å²) in [6.45, 7) is 2.16. The summed E-state index contributed by atoms with van der Waals surface area (Å²) in [6.07, 6.45) is 9.74. The van der Waals surface area contributed by atoms with Crippen LogP contribution < -0.4 is 5.32 Å². The van der Waals surface area contributed by atoms with E-state index in [1.165, 1.54) is 25.7 Å². The summed E-state index contributed by atoms with van der Waals surface area (Å²) in [5.74, 6) is 0.773. The number of rotatable bonds is 4. The van der Waals surface area contributed by atoms with E-state index in [1.54, 1.807) is 4.90 Å². The highest BCUT2D eigenvalue weighted by atomic mass is 16.2. The summed E-state index contributed by atoms with van der Waals surface area (Å²) in [5.41, 5.74) is 0. The van der Waals surface area contributed by atoms with Gasteiger partial charge >= 0.3 is 0 Å². The summed E-state index contributed by atoms with van der Waals surface area (Å²) in [6, 6.07) is 0.270. The Balaban J connectivity index is 1.60. The first-order chi connectivity index (χ1) is 9.66. The first kappa shape index (κ1) is 14.1. The smallest absolute Gasteiger partial charge is 0.247 e. The molecule has 1 N–H and O–H groups in total. The summed E-state index contributed by atoms with van der Waals surface area (Å²) in [4.78, 5) is 26.3. The molecule has 4 heteroatoms. The van der Waals surface area contributed by atoms with Crippen LogP contribution >= 0.6 is 0 Å². The molecule has 3 aliphatic rings. The molecular formula is C16H26N2O2. The van der Waals surface area contributed by atoms with Crippen LogP contribution in [-0.2, 0) is 9.59 Å². The Morgan fingerprint density at radius 1 is 1.05 bits per heavy atom. The van der Waals surface area contributed by atoms with Crippen molar-refractivity contribution >= 4 is 11.8 Å². The van der Waals surface area contributed by atoms with Gasteiger partial charge in [-0.3, -0.25) is 14.5 Å². The van der Waals surface area contributed by atoms with E-state index < -0.39 is 0 Å². The van der Waals surface area contributed by atoms with Gasteiger partial charge in [-0.25, -0.2) is 0 Å². The molecule has 2 saturated carbocycles. The molecule has 2 unspecified atom stereocenters. The Bertz CT molecular complexity index is 386. The molecule has 112 valence electrons. The second kappa shape index (κ2) is 5.84. The number of carbonyl (C=O) groups excluding carboxylic acids is 2. The first-order valence-corrected chi connectivity index (χ1v) is 8.29. The summed E-state index contributed by atoms with van der Waals surface area (Å²) >= 11 is 0. The lowest BCUT2D eigenvalue weighted by Gasteiger charge is -2.34. The quantitative estimate of drug-likeness (QED) is 0.802. The van der Waals surface area contributed by atoms with Crippen LogP contribution in [0.5, 0.6) is 0 Å². The largest absolute Gasteiger partial charge is 0.303 e. The van der Waals surface area contributed by atoms with Crippen LogP contribution in [-0.4, -0.2) is 34.8 Å². The second-order valence-electron chi connectivity index (χ2n) is 6.80. The van der Waals surface area contributed by atoms with Gasteiger partial charge in [-0.15, -0.1) is 0 Å². The minimum atomic E-state index is -0.264. The normalized spacial score (nSPS) is 30.6. The molecule has 4 nitrogen and oxygen atoms in total. The molecule has 0 bridgehead atoms. The molecule has 3 rings (SSSR count). The Kier molecular flexibility index (Phi) is 4.11. The van der Waals surface area contributed by atoms with Gasteiger partial charge in [0, 0.05) is 12.1 Å². The Labute approximate surface area is 121 Å². The molecule has 20 heavy (non-hydrogen) atoms. The monoisotopic (exact) mass is 278 g/mol. The van der Waals surface area contributed by atoms with E-state index in [9.17, 15) is 9.59 Å². The Morgan fingerprint density at radius 2 is 1.75 bits per heavy atom. The van der Waals surface area contributed by atoms with Gasteiger partial charge in [0.15, 0.2) is 0 Å². The van der Waals surface area contributed by atoms with Crippen LogP contribution in [0.1, 0.15) is 64.7 Å². The van der Waals surface area contributed by atoms with E-state index in [1.807, 2.05) is 0 Å². The van der Waals surface area contributed by atoms with Gasteiger partial charge in [-0.2, -0.15) is 0 Å². The van der Waals surface area contributed by atoms with E-state index in [2.05, 4.69) is 12.2 Å². The number of hydrogen-bond acceptors (Lipinski definition) is 3. The van der Waals surface area contributed by atoms with Crippen LogP contribution in [0.15, 0.2) is 0 Å².